The molecule has 2 rings (SSSR count). The van der Waals surface area contributed by atoms with Crippen molar-refractivity contribution >= 4 is 11.3 Å². The molecule has 0 radical (unpaired) electrons. The molecule has 1 N–H and O–H groups in total. The molecule has 2 aromatic rings. The Morgan fingerprint density at radius 1 is 1.57 bits per heavy atom. The normalized spacial score (nSPS) is 15.4. The fraction of sp³-hybridized carbons (Fsp3) is 0.333. The Morgan fingerprint density at radius 3 is 2.86 bits per heavy atom. The van der Waals surface area contributed by atoms with Gasteiger partial charge in [-0.05, 0) is 23.8 Å². The molecule has 0 aliphatic heterocycles. The van der Waals surface area contributed by atoms with Crippen LogP contribution in [0.5, 0.6) is 0 Å². The largest absolute Gasteiger partial charge is 0.377 e. The molecule has 1 atom stereocenters. The van der Waals surface area contributed by atoms with Gasteiger partial charge in [0.25, 0.3) is 0 Å². The Hall–Kier alpha value is -1.20. The lowest BCUT2D eigenvalue weighted by atomic mass is 9.98. The van der Waals surface area contributed by atoms with Crippen molar-refractivity contribution in [3.05, 3.63) is 34.5 Å². The zero-order chi connectivity index (χ0) is 10.2. The third-order valence-electron chi connectivity index (χ3n) is 2.23. The number of aryl methyl sites for hydroxylation is 1. The Balaban J connectivity index is 2.48. The first-order valence-corrected chi connectivity index (χ1v) is 5.16. The van der Waals surface area contributed by atoms with Crippen LogP contribution in [0.1, 0.15) is 18.3 Å². The van der Waals surface area contributed by atoms with Crippen molar-refractivity contribution in [2.75, 3.05) is 0 Å². The van der Waals surface area contributed by atoms with Gasteiger partial charge in [0.15, 0.2) is 5.82 Å². The molecule has 0 saturated heterocycles. The lowest BCUT2D eigenvalue weighted by Crippen LogP contribution is -2.26. The van der Waals surface area contributed by atoms with Crippen LogP contribution in [-0.2, 0) is 12.6 Å². The number of rotatable bonds is 2. The Labute approximate surface area is 85.8 Å². The van der Waals surface area contributed by atoms with Gasteiger partial charge in [-0.2, -0.15) is 16.4 Å². The van der Waals surface area contributed by atoms with Crippen LogP contribution in [0.2, 0.25) is 0 Å². The summed E-state index contributed by atoms with van der Waals surface area (Å²) in [6.07, 6.45) is 1.44. The van der Waals surface area contributed by atoms with Gasteiger partial charge in [-0.3, -0.25) is 4.68 Å². The number of nitrogens with zero attached hydrogens (tertiary/aromatic N) is 3. The van der Waals surface area contributed by atoms with Crippen molar-refractivity contribution in [1.29, 1.82) is 0 Å². The van der Waals surface area contributed by atoms with Crippen molar-refractivity contribution in [3.63, 3.8) is 0 Å². The summed E-state index contributed by atoms with van der Waals surface area (Å²) in [5.41, 5.74) is -0.218. The van der Waals surface area contributed by atoms with E-state index in [1.165, 1.54) is 6.33 Å². The highest BCUT2D eigenvalue weighted by molar-refractivity contribution is 7.08. The summed E-state index contributed by atoms with van der Waals surface area (Å²) in [7, 11) is 1.77. The smallest absolute Gasteiger partial charge is 0.162 e. The summed E-state index contributed by atoms with van der Waals surface area (Å²) in [6, 6.07) is 1.89. The molecule has 5 heteroatoms. The van der Waals surface area contributed by atoms with Crippen LogP contribution in [-0.4, -0.2) is 19.9 Å². The molecule has 0 saturated carbocycles. The Kier molecular flexibility index (Phi) is 2.13. The summed E-state index contributed by atoms with van der Waals surface area (Å²) >= 11 is 1.55. The van der Waals surface area contributed by atoms with Gasteiger partial charge < -0.3 is 5.11 Å². The minimum Gasteiger partial charge on any atom is -0.377 e. The molecule has 1 unspecified atom stereocenters. The topological polar surface area (TPSA) is 50.9 Å². The molecule has 0 spiro atoms. The van der Waals surface area contributed by atoms with Crippen molar-refractivity contribution in [2.45, 2.75) is 12.5 Å². The maximum Gasteiger partial charge on any atom is 0.162 e. The zero-order valence-corrected chi connectivity index (χ0v) is 8.82. The lowest BCUT2D eigenvalue weighted by molar-refractivity contribution is 0.0885. The van der Waals surface area contributed by atoms with E-state index in [-0.39, 0.29) is 0 Å². The summed E-state index contributed by atoms with van der Waals surface area (Å²) in [5, 5.41) is 18.1. The van der Waals surface area contributed by atoms with E-state index in [9.17, 15) is 5.11 Å². The van der Waals surface area contributed by atoms with Crippen LogP contribution in [0, 0.1) is 0 Å². The van der Waals surface area contributed by atoms with E-state index in [2.05, 4.69) is 10.1 Å². The summed E-state index contributed by atoms with van der Waals surface area (Å²) < 4.78 is 1.58. The van der Waals surface area contributed by atoms with Crippen molar-refractivity contribution in [1.82, 2.24) is 14.8 Å². The van der Waals surface area contributed by atoms with Gasteiger partial charge in [-0.15, -0.1) is 0 Å². The number of thiophene rings is 1. The molecule has 0 bridgehead atoms. The first-order valence-electron chi connectivity index (χ1n) is 4.22. The molecular formula is C9H11N3OS. The highest BCUT2D eigenvalue weighted by atomic mass is 32.1. The zero-order valence-electron chi connectivity index (χ0n) is 8.01. The third-order valence-corrected chi connectivity index (χ3v) is 2.91. The summed E-state index contributed by atoms with van der Waals surface area (Å²) in [5.74, 6) is 0.552. The molecule has 4 nitrogen and oxygen atoms in total. The minimum atomic E-state index is -1.06. The van der Waals surface area contributed by atoms with E-state index in [0.29, 0.717) is 5.82 Å². The number of aromatic nitrogens is 3. The van der Waals surface area contributed by atoms with Gasteiger partial charge in [0.1, 0.15) is 11.9 Å². The van der Waals surface area contributed by atoms with Crippen molar-refractivity contribution < 1.29 is 5.11 Å². The van der Waals surface area contributed by atoms with Crippen molar-refractivity contribution in [3.8, 4) is 0 Å². The predicted molar refractivity (Wildman–Crippen MR) is 54.0 cm³/mol. The fourth-order valence-corrected chi connectivity index (χ4v) is 2.17. The number of hydrogen-bond acceptors (Lipinski definition) is 4. The molecule has 74 valence electrons. The fourth-order valence-electron chi connectivity index (χ4n) is 1.41. The highest BCUT2D eigenvalue weighted by Gasteiger charge is 2.30. The quantitative estimate of drug-likeness (QED) is 0.806. The predicted octanol–water partition coefficient (Wildman–Crippen LogP) is 1.13. The highest BCUT2D eigenvalue weighted by Crippen LogP contribution is 2.28. The van der Waals surface area contributed by atoms with Gasteiger partial charge in [0.2, 0.25) is 0 Å². The van der Waals surface area contributed by atoms with E-state index in [4.69, 9.17) is 0 Å². The molecule has 0 aliphatic rings. The Bertz CT molecular complexity index is 419. The van der Waals surface area contributed by atoms with Gasteiger partial charge in [0, 0.05) is 12.6 Å². The van der Waals surface area contributed by atoms with E-state index < -0.39 is 5.60 Å². The second-order valence-electron chi connectivity index (χ2n) is 3.29. The number of aliphatic hydroxyl groups is 1. The van der Waals surface area contributed by atoms with Crippen LogP contribution in [0.15, 0.2) is 23.2 Å². The van der Waals surface area contributed by atoms with Gasteiger partial charge in [-0.1, -0.05) is 0 Å². The average Bonchev–Trinajstić information content (AvgIpc) is 2.72. The van der Waals surface area contributed by atoms with E-state index in [1.807, 2.05) is 16.8 Å². The van der Waals surface area contributed by atoms with Gasteiger partial charge >= 0.3 is 0 Å². The third kappa shape index (κ3) is 1.34. The van der Waals surface area contributed by atoms with Gasteiger partial charge in [0.05, 0.1) is 0 Å². The van der Waals surface area contributed by atoms with Crippen LogP contribution in [0.3, 0.4) is 0 Å². The van der Waals surface area contributed by atoms with E-state index in [0.717, 1.165) is 5.56 Å². The van der Waals surface area contributed by atoms with Crippen LogP contribution in [0.25, 0.3) is 0 Å². The molecule has 2 heterocycles. The van der Waals surface area contributed by atoms with E-state index >= 15 is 0 Å². The molecule has 0 aromatic carbocycles. The molecule has 0 aliphatic carbocycles. The summed E-state index contributed by atoms with van der Waals surface area (Å²) in [6.45, 7) is 1.72. The first-order chi connectivity index (χ1) is 6.62. The summed E-state index contributed by atoms with van der Waals surface area (Å²) in [4.78, 5) is 4.05. The van der Waals surface area contributed by atoms with Crippen LogP contribution in [0.4, 0.5) is 0 Å². The maximum atomic E-state index is 10.3. The second-order valence-corrected chi connectivity index (χ2v) is 4.07. The molecule has 0 amide bonds. The van der Waals surface area contributed by atoms with Crippen LogP contribution >= 0.6 is 11.3 Å². The molecule has 14 heavy (non-hydrogen) atoms. The standard InChI is InChI=1S/C9H11N3OS/c1-9(13,7-3-4-14-5-7)8-10-6-11-12(8)2/h3-6,13H,1-2H3. The molecule has 2 aromatic heterocycles. The van der Waals surface area contributed by atoms with Crippen molar-refractivity contribution in [2.24, 2.45) is 7.05 Å². The van der Waals surface area contributed by atoms with E-state index in [1.54, 1.807) is 30.0 Å². The van der Waals surface area contributed by atoms with Gasteiger partial charge in [-0.25, -0.2) is 4.98 Å². The lowest BCUT2D eigenvalue weighted by Gasteiger charge is -2.20. The molecule has 0 fully saturated rings. The minimum absolute atomic E-state index is 0.552. The van der Waals surface area contributed by atoms with Crippen LogP contribution < -0.4 is 0 Å². The molecular weight excluding hydrogens is 198 g/mol. The maximum absolute atomic E-state index is 10.3. The monoisotopic (exact) mass is 209 g/mol. The first kappa shape index (κ1) is 9.36. The number of hydrogen-bond donors (Lipinski definition) is 1. The average molecular weight is 209 g/mol. The Morgan fingerprint density at radius 2 is 2.36 bits per heavy atom. The second kappa shape index (κ2) is 3.18. The SMILES string of the molecule is Cn1ncnc1C(C)(O)c1ccsc1.